The largest absolute Gasteiger partial charge is 0.383 e. The number of rotatable bonds is 5. The van der Waals surface area contributed by atoms with Crippen LogP contribution in [0.1, 0.15) is 34.1 Å². The molecule has 0 radical (unpaired) electrons. The third kappa shape index (κ3) is 3.38. The van der Waals surface area contributed by atoms with Crippen LogP contribution in [0.15, 0.2) is 36.5 Å². The molecule has 3 heterocycles. The molecule has 1 aliphatic heterocycles. The second-order valence-electron chi connectivity index (χ2n) is 7.16. The number of aromatic nitrogens is 3. The van der Waals surface area contributed by atoms with Crippen LogP contribution in [0.25, 0.3) is 11.2 Å². The Labute approximate surface area is 163 Å². The number of benzene rings is 1. The van der Waals surface area contributed by atoms with Crippen molar-refractivity contribution in [3.63, 3.8) is 0 Å². The van der Waals surface area contributed by atoms with Gasteiger partial charge in [-0.05, 0) is 43.2 Å². The summed E-state index contributed by atoms with van der Waals surface area (Å²) < 4.78 is 21.2. The number of ether oxygens (including phenoxy) is 1. The molecule has 28 heavy (non-hydrogen) atoms. The third-order valence-corrected chi connectivity index (χ3v) is 5.31. The van der Waals surface area contributed by atoms with E-state index in [0.717, 1.165) is 23.4 Å². The van der Waals surface area contributed by atoms with Crippen molar-refractivity contribution in [2.45, 2.75) is 25.8 Å². The molecule has 0 spiro atoms. The number of aryl methyl sites for hydroxylation is 1. The van der Waals surface area contributed by atoms with E-state index in [1.807, 2.05) is 12.1 Å². The molecule has 0 aliphatic carbocycles. The van der Waals surface area contributed by atoms with Gasteiger partial charge in [-0.2, -0.15) is 0 Å². The molecule has 4 rings (SSSR count). The van der Waals surface area contributed by atoms with Gasteiger partial charge in [0.1, 0.15) is 17.2 Å². The van der Waals surface area contributed by atoms with Gasteiger partial charge in [0.15, 0.2) is 5.65 Å². The summed E-state index contributed by atoms with van der Waals surface area (Å²) in [5.74, 6) is 0.551. The minimum absolute atomic E-state index is 0.116. The van der Waals surface area contributed by atoms with Crippen molar-refractivity contribution in [2.24, 2.45) is 0 Å². The molecule has 1 aliphatic rings. The lowest BCUT2D eigenvalue weighted by molar-refractivity contribution is 0.0790. The molecule has 146 valence electrons. The first kappa shape index (κ1) is 18.6. The number of likely N-dealkylation sites (tertiary alicyclic amines) is 1. The lowest BCUT2D eigenvalue weighted by Crippen LogP contribution is -2.29. The van der Waals surface area contributed by atoms with E-state index in [-0.39, 0.29) is 17.6 Å². The number of halogens is 1. The first-order valence-electron chi connectivity index (χ1n) is 9.44. The second-order valence-corrected chi connectivity index (χ2v) is 7.16. The zero-order valence-electron chi connectivity index (χ0n) is 16.1. The monoisotopic (exact) mass is 382 g/mol. The number of pyridine rings is 1. The van der Waals surface area contributed by atoms with E-state index in [2.05, 4.69) is 9.55 Å². The predicted octanol–water partition coefficient (Wildman–Crippen LogP) is 3.15. The SMILES string of the molecule is COCCn1c([C@H]2CCN(C(=O)c3ccc(C)c(F)c3)C2)nc2cccnc21. The summed E-state index contributed by atoms with van der Waals surface area (Å²) in [6, 6.07) is 8.47. The lowest BCUT2D eigenvalue weighted by Gasteiger charge is -2.17. The number of hydrogen-bond acceptors (Lipinski definition) is 4. The first-order chi connectivity index (χ1) is 13.6. The van der Waals surface area contributed by atoms with Gasteiger partial charge in [-0.1, -0.05) is 6.07 Å². The van der Waals surface area contributed by atoms with Gasteiger partial charge in [0, 0.05) is 44.4 Å². The van der Waals surface area contributed by atoms with Gasteiger partial charge in [0.05, 0.1) is 6.61 Å². The Morgan fingerprint density at radius 1 is 1.36 bits per heavy atom. The number of imidazole rings is 1. The molecule has 1 amide bonds. The molecule has 1 aromatic carbocycles. The number of carbonyl (C=O) groups excluding carboxylic acids is 1. The van der Waals surface area contributed by atoms with E-state index < -0.39 is 0 Å². The molecular formula is C21H23FN4O2. The zero-order chi connectivity index (χ0) is 19.7. The predicted molar refractivity (Wildman–Crippen MR) is 104 cm³/mol. The Morgan fingerprint density at radius 2 is 2.21 bits per heavy atom. The van der Waals surface area contributed by atoms with Crippen LogP contribution in [-0.4, -0.2) is 52.1 Å². The number of hydrogen-bond donors (Lipinski definition) is 0. The maximum absolute atomic E-state index is 13.9. The standard InChI is InChI=1S/C21H23FN4O2/c1-14-5-6-15(12-17(14)22)21(27)25-9-7-16(13-25)19-24-18-4-3-8-23-20(18)26(19)10-11-28-2/h3-6,8,12,16H,7,9-11,13H2,1-2H3/t16-/m0/s1. The van der Waals surface area contributed by atoms with Crippen LogP contribution in [0.3, 0.4) is 0 Å². The fourth-order valence-corrected chi connectivity index (χ4v) is 3.75. The van der Waals surface area contributed by atoms with Crippen LogP contribution in [0, 0.1) is 12.7 Å². The van der Waals surface area contributed by atoms with Crippen LogP contribution in [-0.2, 0) is 11.3 Å². The third-order valence-electron chi connectivity index (χ3n) is 5.31. The van der Waals surface area contributed by atoms with Gasteiger partial charge in [-0.3, -0.25) is 4.79 Å². The molecule has 0 N–H and O–H groups in total. The van der Waals surface area contributed by atoms with Gasteiger partial charge in [-0.15, -0.1) is 0 Å². The number of amides is 1. The fraction of sp³-hybridized carbons (Fsp3) is 0.381. The van der Waals surface area contributed by atoms with Crippen molar-refractivity contribution in [1.82, 2.24) is 19.4 Å². The maximum Gasteiger partial charge on any atom is 0.253 e. The van der Waals surface area contributed by atoms with Crippen molar-refractivity contribution in [1.29, 1.82) is 0 Å². The molecule has 1 fully saturated rings. The smallest absolute Gasteiger partial charge is 0.253 e. The van der Waals surface area contributed by atoms with Crippen LogP contribution in [0.4, 0.5) is 4.39 Å². The Kier molecular flexibility index (Phi) is 5.09. The Balaban J connectivity index is 1.58. The lowest BCUT2D eigenvalue weighted by atomic mass is 10.1. The van der Waals surface area contributed by atoms with Crippen LogP contribution in [0.5, 0.6) is 0 Å². The number of carbonyl (C=O) groups is 1. The molecule has 1 atom stereocenters. The summed E-state index contributed by atoms with van der Waals surface area (Å²) in [6.45, 7) is 4.10. The molecule has 0 unspecified atom stereocenters. The molecular weight excluding hydrogens is 359 g/mol. The summed E-state index contributed by atoms with van der Waals surface area (Å²) >= 11 is 0. The highest BCUT2D eigenvalue weighted by atomic mass is 19.1. The van der Waals surface area contributed by atoms with E-state index >= 15 is 0 Å². The minimum Gasteiger partial charge on any atom is -0.383 e. The molecule has 0 saturated carbocycles. The number of methoxy groups -OCH3 is 1. The second kappa shape index (κ2) is 7.67. The van der Waals surface area contributed by atoms with Crippen molar-refractivity contribution < 1.29 is 13.9 Å². The Morgan fingerprint density at radius 3 is 3.00 bits per heavy atom. The normalized spacial score (nSPS) is 16.8. The van der Waals surface area contributed by atoms with Crippen molar-refractivity contribution in [3.05, 3.63) is 59.3 Å². The van der Waals surface area contributed by atoms with Crippen LogP contribution >= 0.6 is 0 Å². The molecule has 2 aromatic heterocycles. The van der Waals surface area contributed by atoms with Gasteiger partial charge in [-0.25, -0.2) is 14.4 Å². The van der Waals surface area contributed by atoms with E-state index in [9.17, 15) is 9.18 Å². The van der Waals surface area contributed by atoms with Gasteiger partial charge < -0.3 is 14.2 Å². The summed E-state index contributed by atoms with van der Waals surface area (Å²) in [7, 11) is 1.67. The van der Waals surface area contributed by atoms with Gasteiger partial charge in [0.25, 0.3) is 5.91 Å². The first-order valence-corrected chi connectivity index (χ1v) is 9.44. The minimum atomic E-state index is -0.353. The van der Waals surface area contributed by atoms with Crippen LogP contribution < -0.4 is 0 Å². The Hall–Kier alpha value is -2.80. The van der Waals surface area contributed by atoms with E-state index in [1.165, 1.54) is 6.07 Å². The molecule has 0 bridgehead atoms. The molecule has 6 nitrogen and oxygen atoms in total. The number of nitrogens with zero attached hydrogens (tertiary/aromatic N) is 4. The average molecular weight is 382 g/mol. The molecule has 7 heteroatoms. The van der Waals surface area contributed by atoms with Crippen molar-refractivity contribution in [2.75, 3.05) is 26.8 Å². The summed E-state index contributed by atoms with van der Waals surface area (Å²) in [5, 5.41) is 0. The van der Waals surface area contributed by atoms with E-state index in [0.29, 0.717) is 37.4 Å². The summed E-state index contributed by atoms with van der Waals surface area (Å²) in [4.78, 5) is 23.9. The highest BCUT2D eigenvalue weighted by Gasteiger charge is 2.31. The Bertz CT molecular complexity index is 1020. The van der Waals surface area contributed by atoms with Gasteiger partial charge >= 0.3 is 0 Å². The summed E-state index contributed by atoms with van der Waals surface area (Å²) in [6.07, 6.45) is 2.57. The average Bonchev–Trinajstić information content (AvgIpc) is 3.32. The number of fused-ring (bicyclic) bond motifs is 1. The van der Waals surface area contributed by atoms with E-state index in [1.54, 1.807) is 37.3 Å². The summed E-state index contributed by atoms with van der Waals surface area (Å²) in [5.41, 5.74) is 2.60. The zero-order valence-corrected chi connectivity index (χ0v) is 16.1. The highest BCUT2D eigenvalue weighted by molar-refractivity contribution is 5.94. The van der Waals surface area contributed by atoms with Gasteiger partial charge in [0.2, 0.25) is 0 Å². The molecule has 3 aromatic rings. The van der Waals surface area contributed by atoms with Crippen molar-refractivity contribution >= 4 is 17.1 Å². The maximum atomic E-state index is 13.9. The highest BCUT2D eigenvalue weighted by Crippen LogP contribution is 2.30. The van der Waals surface area contributed by atoms with Crippen LogP contribution in [0.2, 0.25) is 0 Å². The molecule has 1 saturated heterocycles. The van der Waals surface area contributed by atoms with Crippen molar-refractivity contribution in [3.8, 4) is 0 Å². The fourth-order valence-electron chi connectivity index (χ4n) is 3.75. The topological polar surface area (TPSA) is 60.2 Å². The quantitative estimate of drug-likeness (QED) is 0.680. The van der Waals surface area contributed by atoms with E-state index in [4.69, 9.17) is 9.72 Å².